The minimum atomic E-state index is -2.12. The number of halogens is 1. The molecule has 0 fully saturated rings. The molecule has 118 valence electrons. The Kier molecular flexibility index (Phi) is 3.49. The number of hydrogen-bond acceptors (Lipinski definition) is 3. The molecule has 1 aromatic carbocycles. The molecule has 1 aliphatic heterocycles. The molecule has 2 aromatic rings. The first-order valence-electron chi connectivity index (χ1n) is 6.85. The predicted molar refractivity (Wildman–Crippen MR) is 80.9 cm³/mol. The third-order valence-electron chi connectivity index (χ3n) is 4.16. The number of carbonyl (C=O) groups is 3. The average Bonchev–Trinajstić information content (AvgIpc) is 3.07. The predicted octanol–water partition coefficient (Wildman–Crippen LogP) is 2.18. The van der Waals surface area contributed by atoms with Gasteiger partial charge < -0.3 is 14.8 Å². The van der Waals surface area contributed by atoms with Gasteiger partial charge in [-0.05, 0) is 12.5 Å². The largest absolute Gasteiger partial charge is 0.480 e. The first kappa shape index (κ1) is 15.3. The fourth-order valence-corrected chi connectivity index (χ4v) is 3.38. The summed E-state index contributed by atoms with van der Waals surface area (Å²) in [6, 6.07) is 9.79. The second kappa shape index (κ2) is 5.24. The summed E-state index contributed by atoms with van der Waals surface area (Å²) in [6.45, 7) is 0.106. The molecule has 2 N–H and O–H groups in total. The Morgan fingerprint density at radius 3 is 2.26 bits per heavy atom. The summed E-state index contributed by atoms with van der Waals surface area (Å²) in [7, 11) is 0. The summed E-state index contributed by atoms with van der Waals surface area (Å²) in [5.74, 6) is -3.30. The Labute approximate surface area is 135 Å². The van der Waals surface area contributed by atoms with Gasteiger partial charge in [0.25, 0.3) is 0 Å². The number of nitrogens with zero attached hydrogens (tertiary/aromatic N) is 1. The maximum absolute atomic E-state index is 12.6. The Morgan fingerprint density at radius 1 is 1.09 bits per heavy atom. The Balaban J connectivity index is 2.17. The number of benzene rings is 1. The number of hydrogen-bond donors (Lipinski definition) is 2. The minimum Gasteiger partial charge on any atom is -0.480 e. The smallest absolute Gasteiger partial charge is 0.327 e. The lowest BCUT2D eigenvalue weighted by Crippen LogP contribution is -2.42. The third kappa shape index (κ3) is 2.06. The maximum Gasteiger partial charge on any atom is 0.327 e. The van der Waals surface area contributed by atoms with Crippen molar-refractivity contribution in [1.29, 1.82) is 0 Å². The van der Waals surface area contributed by atoms with Crippen LogP contribution >= 0.6 is 11.6 Å². The second-order valence-corrected chi connectivity index (χ2v) is 5.75. The lowest BCUT2D eigenvalue weighted by atomic mass is 9.83. The number of ketones is 1. The van der Waals surface area contributed by atoms with Crippen molar-refractivity contribution in [3.8, 4) is 0 Å². The van der Waals surface area contributed by atoms with Crippen LogP contribution in [0.25, 0.3) is 0 Å². The van der Waals surface area contributed by atoms with Gasteiger partial charge in [0.2, 0.25) is 11.2 Å². The molecule has 0 atom stereocenters. The summed E-state index contributed by atoms with van der Waals surface area (Å²) in [4.78, 5) is 35.8. The van der Waals surface area contributed by atoms with Gasteiger partial charge in [-0.25, -0.2) is 0 Å². The van der Waals surface area contributed by atoms with Crippen molar-refractivity contribution >= 4 is 29.3 Å². The van der Waals surface area contributed by atoms with Crippen LogP contribution in [-0.2, 0) is 21.5 Å². The van der Waals surface area contributed by atoms with Crippen molar-refractivity contribution in [2.24, 2.45) is 0 Å². The highest BCUT2D eigenvalue weighted by Crippen LogP contribution is 2.42. The fourth-order valence-electron chi connectivity index (χ4n) is 3.01. The minimum absolute atomic E-state index is 0.0217. The second-order valence-electron chi connectivity index (χ2n) is 5.34. The number of rotatable bonds is 4. The molecule has 0 bridgehead atoms. The third-order valence-corrected chi connectivity index (χ3v) is 4.45. The Bertz CT molecular complexity index is 810. The molecule has 1 aliphatic rings. The molecular weight excluding hydrogens is 322 g/mol. The monoisotopic (exact) mass is 333 g/mol. The van der Waals surface area contributed by atoms with E-state index in [2.05, 4.69) is 0 Å². The van der Waals surface area contributed by atoms with Crippen molar-refractivity contribution in [2.75, 3.05) is 0 Å². The molecule has 0 saturated heterocycles. The van der Waals surface area contributed by atoms with Crippen LogP contribution in [0.5, 0.6) is 0 Å². The standard InChI is InChI=1S/C16H12ClNO5/c17-10-8-11(12(19)9-4-2-1-3-5-9)18-7-6-16(13(10)18,14(20)21)15(22)23/h1-5,8H,6-7H2,(H,20,21)(H,22,23). The molecule has 2 heterocycles. The van der Waals surface area contributed by atoms with E-state index in [0.717, 1.165) is 0 Å². The van der Waals surface area contributed by atoms with Gasteiger partial charge in [-0.3, -0.25) is 14.4 Å². The quantitative estimate of drug-likeness (QED) is 0.660. The van der Waals surface area contributed by atoms with Gasteiger partial charge in [-0.2, -0.15) is 0 Å². The fraction of sp³-hybridized carbons (Fsp3) is 0.188. The van der Waals surface area contributed by atoms with Crippen LogP contribution in [0.1, 0.15) is 28.2 Å². The number of carboxylic acids is 2. The van der Waals surface area contributed by atoms with Gasteiger partial charge in [0.15, 0.2) is 0 Å². The van der Waals surface area contributed by atoms with Gasteiger partial charge in [0, 0.05) is 12.1 Å². The van der Waals surface area contributed by atoms with E-state index in [-0.39, 0.29) is 35.2 Å². The molecule has 0 aliphatic carbocycles. The van der Waals surface area contributed by atoms with E-state index in [4.69, 9.17) is 11.6 Å². The first-order chi connectivity index (χ1) is 10.9. The average molecular weight is 334 g/mol. The SMILES string of the molecule is O=C(c1ccccc1)c1cc(Cl)c2n1CCC2(C(=O)O)C(=O)O. The molecule has 0 radical (unpaired) electrons. The molecular formula is C16H12ClNO5. The Hall–Kier alpha value is -2.60. The molecule has 0 unspecified atom stereocenters. The van der Waals surface area contributed by atoms with Crippen LogP contribution in [0.15, 0.2) is 36.4 Å². The summed E-state index contributed by atoms with van der Waals surface area (Å²) < 4.78 is 1.40. The lowest BCUT2D eigenvalue weighted by Gasteiger charge is -2.18. The molecule has 23 heavy (non-hydrogen) atoms. The number of aromatic nitrogens is 1. The highest BCUT2D eigenvalue weighted by molar-refractivity contribution is 6.33. The molecule has 3 rings (SSSR count). The summed E-state index contributed by atoms with van der Waals surface area (Å²) >= 11 is 6.09. The van der Waals surface area contributed by atoms with Gasteiger partial charge in [-0.15, -0.1) is 0 Å². The summed E-state index contributed by atoms with van der Waals surface area (Å²) in [5, 5.41) is 18.8. The molecule has 0 saturated carbocycles. The molecule has 1 aromatic heterocycles. The highest BCUT2D eigenvalue weighted by Gasteiger charge is 2.55. The zero-order chi connectivity index (χ0) is 16.8. The normalized spacial score (nSPS) is 15.2. The molecule has 0 amide bonds. The lowest BCUT2D eigenvalue weighted by molar-refractivity contribution is -0.157. The number of carboxylic acid groups (broad SMARTS) is 2. The van der Waals surface area contributed by atoms with Gasteiger partial charge >= 0.3 is 11.9 Å². The Morgan fingerprint density at radius 2 is 1.70 bits per heavy atom. The van der Waals surface area contributed by atoms with E-state index >= 15 is 0 Å². The van der Waals surface area contributed by atoms with E-state index < -0.39 is 17.4 Å². The molecule has 7 heteroatoms. The number of fused-ring (bicyclic) bond motifs is 1. The van der Waals surface area contributed by atoms with Crippen LogP contribution in [-0.4, -0.2) is 32.5 Å². The summed E-state index contributed by atoms with van der Waals surface area (Å²) in [6.07, 6.45) is -0.150. The maximum atomic E-state index is 12.6. The van der Waals surface area contributed by atoms with Crippen LogP contribution in [0.3, 0.4) is 0 Å². The van der Waals surface area contributed by atoms with E-state index in [1.807, 2.05) is 0 Å². The van der Waals surface area contributed by atoms with Crippen molar-refractivity contribution in [2.45, 2.75) is 18.4 Å². The van der Waals surface area contributed by atoms with E-state index in [1.165, 1.54) is 10.6 Å². The van der Waals surface area contributed by atoms with Gasteiger partial charge in [0.05, 0.1) is 16.4 Å². The van der Waals surface area contributed by atoms with Crippen molar-refractivity contribution in [3.05, 3.63) is 58.4 Å². The molecule has 0 spiro atoms. The number of aliphatic carboxylic acids is 2. The van der Waals surface area contributed by atoms with E-state index in [1.54, 1.807) is 30.3 Å². The first-order valence-corrected chi connectivity index (χ1v) is 7.23. The van der Waals surface area contributed by atoms with Crippen LogP contribution < -0.4 is 0 Å². The van der Waals surface area contributed by atoms with Crippen molar-refractivity contribution < 1.29 is 24.6 Å². The highest BCUT2D eigenvalue weighted by atomic mass is 35.5. The van der Waals surface area contributed by atoms with Crippen molar-refractivity contribution in [1.82, 2.24) is 4.57 Å². The number of carbonyl (C=O) groups excluding carboxylic acids is 1. The zero-order valence-corrected chi connectivity index (χ0v) is 12.6. The van der Waals surface area contributed by atoms with Gasteiger partial charge in [-0.1, -0.05) is 41.9 Å². The van der Waals surface area contributed by atoms with E-state index in [9.17, 15) is 24.6 Å². The van der Waals surface area contributed by atoms with Crippen molar-refractivity contribution in [3.63, 3.8) is 0 Å². The van der Waals surface area contributed by atoms with Crippen LogP contribution in [0.2, 0.25) is 5.02 Å². The zero-order valence-electron chi connectivity index (χ0n) is 11.8. The topological polar surface area (TPSA) is 96.6 Å². The molecule has 6 nitrogen and oxygen atoms in total. The van der Waals surface area contributed by atoms with Gasteiger partial charge in [0.1, 0.15) is 0 Å². The summed E-state index contributed by atoms with van der Waals surface area (Å²) in [5.41, 5.74) is -1.54. The van der Waals surface area contributed by atoms with Crippen LogP contribution in [0, 0.1) is 0 Å². The van der Waals surface area contributed by atoms with Crippen LogP contribution in [0.4, 0.5) is 0 Å². The van der Waals surface area contributed by atoms with E-state index in [0.29, 0.717) is 5.56 Å².